The van der Waals surface area contributed by atoms with Crippen LogP contribution in [0.4, 0.5) is 5.69 Å². The molecule has 1 heterocycles. The molecule has 3 rings (SSSR count). The molecule has 0 spiro atoms. The Balaban J connectivity index is 1.67. The van der Waals surface area contributed by atoms with Crippen LogP contribution < -0.4 is 5.32 Å². The Labute approximate surface area is 116 Å². The predicted molar refractivity (Wildman–Crippen MR) is 76.8 cm³/mol. The summed E-state index contributed by atoms with van der Waals surface area (Å²) < 4.78 is 1.71. The molecule has 0 bridgehead atoms. The summed E-state index contributed by atoms with van der Waals surface area (Å²) in [4.78, 5) is 3.92. The van der Waals surface area contributed by atoms with Gasteiger partial charge in [0, 0.05) is 12.2 Å². The molecule has 0 atom stereocenters. The Bertz CT molecular complexity index is 677. The molecule has 2 N–H and O–H groups in total. The topological polar surface area (TPSA) is 63.0 Å². The van der Waals surface area contributed by atoms with Gasteiger partial charge in [0.1, 0.15) is 18.4 Å². The summed E-state index contributed by atoms with van der Waals surface area (Å²) in [7, 11) is 0. The zero-order chi connectivity index (χ0) is 13.8. The van der Waals surface area contributed by atoms with Crippen molar-refractivity contribution in [3.05, 3.63) is 66.7 Å². The lowest BCUT2D eigenvalue weighted by molar-refractivity contribution is 0.474. The number of rotatable bonds is 4. The van der Waals surface area contributed by atoms with Crippen LogP contribution in [0.25, 0.3) is 5.69 Å². The zero-order valence-electron chi connectivity index (χ0n) is 10.8. The quantitative estimate of drug-likeness (QED) is 0.762. The first-order chi connectivity index (χ1) is 9.81. The Kier molecular flexibility index (Phi) is 3.33. The number of hydrogen-bond acceptors (Lipinski definition) is 4. The average Bonchev–Trinajstić information content (AvgIpc) is 3.00. The number of aromatic nitrogens is 3. The van der Waals surface area contributed by atoms with Gasteiger partial charge in [-0.25, -0.2) is 9.67 Å². The van der Waals surface area contributed by atoms with Crippen LogP contribution in [-0.2, 0) is 6.54 Å². The predicted octanol–water partition coefficient (Wildman–Crippen LogP) is 2.58. The van der Waals surface area contributed by atoms with Crippen molar-refractivity contribution in [2.45, 2.75) is 6.54 Å². The summed E-state index contributed by atoms with van der Waals surface area (Å²) >= 11 is 0. The van der Waals surface area contributed by atoms with E-state index in [-0.39, 0.29) is 5.75 Å². The van der Waals surface area contributed by atoms with Gasteiger partial charge in [-0.3, -0.25) is 0 Å². The fourth-order valence-electron chi connectivity index (χ4n) is 1.94. The number of aromatic hydroxyl groups is 1. The smallest absolute Gasteiger partial charge is 0.138 e. The highest BCUT2D eigenvalue weighted by molar-refractivity contribution is 5.48. The Morgan fingerprint density at radius 1 is 1.10 bits per heavy atom. The van der Waals surface area contributed by atoms with Crippen molar-refractivity contribution in [2.75, 3.05) is 5.32 Å². The molecule has 0 saturated heterocycles. The fourth-order valence-corrected chi connectivity index (χ4v) is 1.94. The summed E-state index contributed by atoms with van der Waals surface area (Å²) in [5, 5.41) is 16.8. The molecule has 2 aromatic carbocycles. The van der Waals surface area contributed by atoms with E-state index in [9.17, 15) is 5.11 Å². The average molecular weight is 266 g/mol. The molecule has 0 aliphatic rings. The van der Waals surface area contributed by atoms with Gasteiger partial charge in [0.2, 0.25) is 0 Å². The maximum atomic E-state index is 9.41. The molecular formula is C15H14N4O. The molecule has 0 aliphatic heterocycles. The van der Waals surface area contributed by atoms with Crippen LogP contribution in [0, 0.1) is 0 Å². The fraction of sp³-hybridized carbons (Fsp3) is 0.0667. The maximum absolute atomic E-state index is 9.41. The highest BCUT2D eigenvalue weighted by Gasteiger charge is 1.98. The van der Waals surface area contributed by atoms with E-state index in [0.717, 1.165) is 16.9 Å². The highest BCUT2D eigenvalue weighted by Crippen LogP contribution is 2.15. The number of nitrogens with one attached hydrogen (secondary N) is 1. The molecule has 5 nitrogen and oxygen atoms in total. The largest absolute Gasteiger partial charge is 0.508 e. The molecule has 0 radical (unpaired) electrons. The van der Waals surface area contributed by atoms with Crippen LogP contribution in [0.1, 0.15) is 5.56 Å². The summed E-state index contributed by atoms with van der Waals surface area (Å²) in [5.41, 5.74) is 3.01. The van der Waals surface area contributed by atoms with Gasteiger partial charge in [-0.2, -0.15) is 5.10 Å². The summed E-state index contributed by atoms with van der Waals surface area (Å²) in [6.45, 7) is 0.664. The molecule has 0 fully saturated rings. The molecule has 0 saturated carbocycles. The number of anilines is 1. The van der Waals surface area contributed by atoms with Gasteiger partial charge in [0.15, 0.2) is 0 Å². The van der Waals surface area contributed by atoms with Crippen LogP contribution in [0.15, 0.2) is 61.2 Å². The van der Waals surface area contributed by atoms with Gasteiger partial charge < -0.3 is 10.4 Å². The van der Waals surface area contributed by atoms with E-state index in [1.54, 1.807) is 23.1 Å². The van der Waals surface area contributed by atoms with Gasteiger partial charge in [0.05, 0.1) is 5.69 Å². The van der Waals surface area contributed by atoms with Crippen molar-refractivity contribution < 1.29 is 5.11 Å². The lowest BCUT2D eigenvalue weighted by Crippen LogP contribution is -2.00. The molecule has 0 aliphatic carbocycles. The number of hydrogen-bond donors (Lipinski definition) is 2. The Morgan fingerprint density at radius 3 is 2.65 bits per heavy atom. The van der Waals surface area contributed by atoms with Crippen LogP contribution in [-0.4, -0.2) is 19.9 Å². The first kappa shape index (κ1) is 12.2. The third kappa shape index (κ3) is 2.77. The monoisotopic (exact) mass is 266 g/mol. The number of benzene rings is 2. The lowest BCUT2D eigenvalue weighted by Gasteiger charge is -2.08. The van der Waals surface area contributed by atoms with Crippen molar-refractivity contribution in [1.82, 2.24) is 14.8 Å². The number of phenols is 1. The highest BCUT2D eigenvalue weighted by atomic mass is 16.3. The van der Waals surface area contributed by atoms with E-state index in [4.69, 9.17) is 0 Å². The van der Waals surface area contributed by atoms with Crippen LogP contribution in [0.5, 0.6) is 5.75 Å². The minimum Gasteiger partial charge on any atom is -0.508 e. The van der Waals surface area contributed by atoms with E-state index in [1.807, 2.05) is 36.4 Å². The molecule has 0 unspecified atom stereocenters. The molecule has 20 heavy (non-hydrogen) atoms. The van der Waals surface area contributed by atoms with Gasteiger partial charge in [-0.15, -0.1) is 0 Å². The van der Waals surface area contributed by atoms with E-state index >= 15 is 0 Å². The van der Waals surface area contributed by atoms with Gasteiger partial charge in [-0.1, -0.05) is 12.1 Å². The maximum Gasteiger partial charge on any atom is 0.138 e. The summed E-state index contributed by atoms with van der Waals surface area (Å²) in [6.07, 6.45) is 3.17. The third-order valence-corrected chi connectivity index (χ3v) is 2.96. The second kappa shape index (κ2) is 5.44. The lowest BCUT2D eigenvalue weighted by atomic mass is 10.2. The van der Waals surface area contributed by atoms with Crippen molar-refractivity contribution in [1.29, 1.82) is 0 Å². The Hall–Kier alpha value is -2.82. The summed E-state index contributed by atoms with van der Waals surface area (Å²) in [5.74, 6) is 0.283. The van der Waals surface area contributed by atoms with Crippen molar-refractivity contribution in [3.8, 4) is 11.4 Å². The van der Waals surface area contributed by atoms with E-state index in [1.165, 1.54) is 6.33 Å². The van der Waals surface area contributed by atoms with Crippen molar-refractivity contribution in [2.24, 2.45) is 0 Å². The Morgan fingerprint density at radius 2 is 1.95 bits per heavy atom. The third-order valence-electron chi connectivity index (χ3n) is 2.96. The van der Waals surface area contributed by atoms with Gasteiger partial charge >= 0.3 is 0 Å². The molecule has 0 amide bonds. The van der Waals surface area contributed by atoms with Crippen LogP contribution in [0.2, 0.25) is 0 Å². The number of phenolic OH excluding ortho intramolecular Hbond substituents is 1. The standard InChI is InChI=1S/C15H14N4O/c20-15-3-1-2-12(8-15)9-17-13-4-6-14(7-5-13)19-11-16-10-18-19/h1-8,10-11,17,20H,9H2. The normalized spacial score (nSPS) is 10.4. The van der Waals surface area contributed by atoms with Gasteiger partial charge in [-0.05, 0) is 42.0 Å². The number of nitrogens with zero attached hydrogens (tertiary/aromatic N) is 3. The van der Waals surface area contributed by atoms with E-state index in [2.05, 4.69) is 15.4 Å². The first-order valence-corrected chi connectivity index (χ1v) is 6.28. The van der Waals surface area contributed by atoms with Crippen LogP contribution >= 0.6 is 0 Å². The minimum atomic E-state index is 0.283. The first-order valence-electron chi connectivity index (χ1n) is 6.28. The SMILES string of the molecule is Oc1cccc(CNc2ccc(-n3cncn3)cc2)c1. The molecule has 100 valence electrons. The minimum absolute atomic E-state index is 0.283. The second-order valence-corrected chi connectivity index (χ2v) is 4.41. The van der Waals surface area contributed by atoms with E-state index in [0.29, 0.717) is 6.54 Å². The molecule has 3 aromatic rings. The second-order valence-electron chi connectivity index (χ2n) is 4.41. The molecule has 1 aromatic heterocycles. The van der Waals surface area contributed by atoms with Gasteiger partial charge in [0.25, 0.3) is 0 Å². The molecule has 5 heteroatoms. The zero-order valence-corrected chi connectivity index (χ0v) is 10.8. The van der Waals surface area contributed by atoms with E-state index < -0.39 is 0 Å². The van der Waals surface area contributed by atoms with Crippen LogP contribution in [0.3, 0.4) is 0 Å². The summed E-state index contributed by atoms with van der Waals surface area (Å²) in [6, 6.07) is 15.1. The van der Waals surface area contributed by atoms with Crippen molar-refractivity contribution >= 4 is 5.69 Å². The molecular weight excluding hydrogens is 252 g/mol. The van der Waals surface area contributed by atoms with Crippen molar-refractivity contribution in [3.63, 3.8) is 0 Å².